The van der Waals surface area contributed by atoms with E-state index in [1.807, 2.05) is 36.7 Å². The van der Waals surface area contributed by atoms with Crippen molar-refractivity contribution in [2.75, 3.05) is 7.11 Å². The zero-order valence-electron chi connectivity index (χ0n) is 13.3. The van der Waals surface area contributed by atoms with E-state index >= 15 is 0 Å². The SMILES string of the molecule is CCC(Cl)C(=Cc1ccc(-n2cnc(C)c2)c(OC)c1)C(=O)O. The maximum atomic E-state index is 11.4. The number of hydrogen-bond acceptors (Lipinski definition) is 3. The van der Waals surface area contributed by atoms with E-state index in [0.717, 1.165) is 16.9 Å². The third-order valence-electron chi connectivity index (χ3n) is 3.46. The number of halogens is 1. The highest BCUT2D eigenvalue weighted by Gasteiger charge is 2.17. The molecule has 5 nitrogen and oxygen atoms in total. The summed E-state index contributed by atoms with van der Waals surface area (Å²) in [6, 6.07) is 5.47. The zero-order chi connectivity index (χ0) is 17.0. The first-order chi connectivity index (χ1) is 11.0. The van der Waals surface area contributed by atoms with E-state index < -0.39 is 11.3 Å². The number of carboxylic acid groups (broad SMARTS) is 1. The van der Waals surface area contributed by atoms with Gasteiger partial charge in [0, 0.05) is 6.20 Å². The Balaban J connectivity index is 2.44. The Bertz CT molecular complexity index is 737. The topological polar surface area (TPSA) is 64.4 Å². The van der Waals surface area contributed by atoms with E-state index in [4.69, 9.17) is 16.3 Å². The van der Waals surface area contributed by atoms with Gasteiger partial charge in [0.15, 0.2) is 0 Å². The second-order valence-electron chi connectivity index (χ2n) is 5.13. The van der Waals surface area contributed by atoms with Gasteiger partial charge in [-0.3, -0.25) is 0 Å². The molecule has 0 bridgehead atoms. The minimum atomic E-state index is -1.01. The van der Waals surface area contributed by atoms with Crippen molar-refractivity contribution in [2.45, 2.75) is 25.6 Å². The third kappa shape index (κ3) is 3.93. The van der Waals surface area contributed by atoms with Gasteiger partial charge in [0.05, 0.1) is 35.8 Å². The molecule has 1 aromatic heterocycles. The van der Waals surface area contributed by atoms with Crippen LogP contribution in [-0.2, 0) is 4.79 Å². The third-order valence-corrected chi connectivity index (χ3v) is 4.00. The predicted octanol–water partition coefficient (Wildman–Crippen LogP) is 3.67. The molecule has 122 valence electrons. The van der Waals surface area contributed by atoms with E-state index in [0.29, 0.717) is 12.2 Å². The van der Waals surface area contributed by atoms with Crippen molar-refractivity contribution in [3.8, 4) is 11.4 Å². The predicted molar refractivity (Wildman–Crippen MR) is 90.4 cm³/mol. The maximum Gasteiger partial charge on any atom is 0.333 e. The number of carboxylic acids is 1. The van der Waals surface area contributed by atoms with E-state index in [1.165, 1.54) is 0 Å². The van der Waals surface area contributed by atoms with Gasteiger partial charge in [-0.15, -0.1) is 11.6 Å². The highest BCUT2D eigenvalue weighted by molar-refractivity contribution is 6.25. The second-order valence-corrected chi connectivity index (χ2v) is 5.66. The molecule has 0 aliphatic rings. The number of aryl methyl sites for hydroxylation is 1. The molecule has 1 aromatic carbocycles. The molecular weight excluding hydrogens is 316 g/mol. The number of hydrogen-bond donors (Lipinski definition) is 1. The van der Waals surface area contributed by atoms with Gasteiger partial charge in [-0.25, -0.2) is 9.78 Å². The largest absolute Gasteiger partial charge is 0.495 e. The molecule has 0 fully saturated rings. The van der Waals surface area contributed by atoms with Crippen molar-refractivity contribution in [1.82, 2.24) is 9.55 Å². The minimum absolute atomic E-state index is 0.169. The lowest BCUT2D eigenvalue weighted by Gasteiger charge is -2.11. The van der Waals surface area contributed by atoms with Crippen molar-refractivity contribution in [2.24, 2.45) is 0 Å². The molecule has 1 heterocycles. The van der Waals surface area contributed by atoms with Gasteiger partial charge in [0.25, 0.3) is 0 Å². The van der Waals surface area contributed by atoms with Gasteiger partial charge in [-0.05, 0) is 37.1 Å². The van der Waals surface area contributed by atoms with Gasteiger partial charge in [-0.2, -0.15) is 0 Å². The summed E-state index contributed by atoms with van der Waals surface area (Å²) in [5, 5.41) is 8.77. The molecule has 1 atom stereocenters. The van der Waals surface area contributed by atoms with Gasteiger partial charge >= 0.3 is 5.97 Å². The van der Waals surface area contributed by atoms with Crippen LogP contribution in [0.1, 0.15) is 24.6 Å². The molecule has 1 unspecified atom stereocenters. The van der Waals surface area contributed by atoms with Crippen LogP contribution in [0.2, 0.25) is 0 Å². The molecule has 2 rings (SSSR count). The molecule has 1 N–H and O–H groups in total. The lowest BCUT2D eigenvalue weighted by molar-refractivity contribution is -0.132. The summed E-state index contributed by atoms with van der Waals surface area (Å²) in [6.07, 6.45) is 5.72. The lowest BCUT2D eigenvalue weighted by Crippen LogP contribution is -2.11. The molecule has 0 radical (unpaired) electrons. The van der Waals surface area contributed by atoms with Crippen molar-refractivity contribution in [3.63, 3.8) is 0 Å². The van der Waals surface area contributed by atoms with Crippen LogP contribution in [0.5, 0.6) is 5.75 Å². The summed E-state index contributed by atoms with van der Waals surface area (Å²) in [7, 11) is 1.57. The number of nitrogens with zero attached hydrogens (tertiary/aromatic N) is 2. The minimum Gasteiger partial charge on any atom is -0.495 e. The summed E-state index contributed by atoms with van der Waals surface area (Å²) in [5.74, 6) is -0.386. The normalized spacial score (nSPS) is 13.0. The number of imidazole rings is 1. The van der Waals surface area contributed by atoms with Gasteiger partial charge in [-0.1, -0.05) is 13.0 Å². The molecule has 2 aromatic rings. The van der Waals surface area contributed by atoms with Crippen molar-refractivity contribution >= 4 is 23.6 Å². The monoisotopic (exact) mass is 334 g/mol. The van der Waals surface area contributed by atoms with Crippen molar-refractivity contribution in [3.05, 3.63) is 47.6 Å². The molecule has 0 amide bonds. The lowest BCUT2D eigenvalue weighted by atomic mass is 10.1. The van der Waals surface area contributed by atoms with Crippen LogP contribution >= 0.6 is 11.6 Å². The van der Waals surface area contributed by atoms with E-state index in [2.05, 4.69) is 4.98 Å². The molecular formula is C17H19ClN2O3. The summed E-state index contributed by atoms with van der Waals surface area (Å²) >= 11 is 6.09. The number of ether oxygens (including phenoxy) is 1. The van der Waals surface area contributed by atoms with Crippen molar-refractivity contribution < 1.29 is 14.6 Å². The summed E-state index contributed by atoms with van der Waals surface area (Å²) < 4.78 is 7.28. The Kier molecular flexibility index (Phi) is 5.45. The quantitative estimate of drug-likeness (QED) is 0.646. The van der Waals surface area contributed by atoms with Gasteiger partial charge < -0.3 is 14.4 Å². The Labute approximate surface area is 140 Å². The Hall–Kier alpha value is -2.27. The van der Waals surface area contributed by atoms with Crippen LogP contribution < -0.4 is 4.74 Å². The average molecular weight is 335 g/mol. The second kappa shape index (κ2) is 7.33. The van der Waals surface area contributed by atoms with Gasteiger partial charge in [0.2, 0.25) is 0 Å². The number of rotatable bonds is 6. The number of alkyl halides is 1. The van der Waals surface area contributed by atoms with E-state index in [9.17, 15) is 9.90 Å². The zero-order valence-corrected chi connectivity index (χ0v) is 14.0. The van der Waals surface area contributed by atoms with Crippen LogP contribution in [-0.4, -0.2) is 33.1 Å². The molecule has 0 saturated heterocycles. The van der Waals surface area contributed by atoms with Crippen LogP contribution in [0.3, 0.4) is 0 Å². The molecule has 0 spiro atoms. The number of aromatic nitrogens is 2. The van der Waals surface area contributed by atoms with Crippen LogP contribution in [0.25, 0.3) is 11.8 Å². The number of aliphatic carboxylic acids is 1. The first-order valence-electron chi connectivity index (χ1n) is 7.24. The van der Waals surface area contributed by atoms with Gasteiger partial charge in [0.1, 0.15) is 5.75 Å². The highest BCUT2D eigenvalue weighted by atomic mass is 35.5. The molecule has 6 heteroatoms. The van der Waals surface area contributed by atoms with Crippen molar-refractivity contribution in [1.29, 1.82) is 0 Å². The molecule has 0 aliphatic heterocycles. The summed E-state index contributed by atoms with van der Waals surface area (Å²) in [4.78, 5) is 15.6. The Morgan fingerprint density at radius 3 is 2.78 bits per heavy atom. The molecule has 23 heavy (non-hydrogen) atoms. The fourth-order valence-electron chi connectivity index (χ4n) is 2.24. The summed E-state index contributed by atoms with van der Waals surface area (Å²) in [6.45, 7) is 3.75. The van der Waals surface area contributed by atoms with Crippen LogP contribution in [0.4, 0.5) is 0 Å². The molecule has 0 saturated carbocycles. The fourth-order valence-corrected chi connectivity index (χ4v) is 2.39. The number of carbonyl (C=O) groups is 1. The standard InChI is InChI=1S/C17H19ClN2O3/c1-4-14(18)13(17(21)22)7-12-5-6-15(16(8-12)23-3)20-9-11(2)19-10-20/h5-10,14H,4H2,1-3H3,(H,21,22). The first kappa shape index (κ1) is 17.1. The Morgan fingerprint density at radius 1 is 1.52 bits per heavy atom. The first-order valence-corrected chi connectivity index (χ1v) is 7.67. The number of benzene rings is 1. The van der Waals surface area contributed by atoms with E-state index in [-0.39, 0.29) is 5.57 Å². The maximum absolute atomic E-state index is 11.4. The Morgan fingerprint density at radius 2 is 2.26 bits per heavy atom. The van der Waals surface area contributed by atoms with E-state index in [1.54, 1.807) is 25.6 Å². The summed E-state index contributed by atoms with van der Waals surface area (Å²) in [5.41, 5.74) is 2.62. The van der Waals surface area contributed by atoms with Crippen LogP contribution in [0, 0.1) is 6.92 Å². The number of methoxy groups -OCH3 is 1. The van der Waals surface area contributed by atoms with Crippen LogP contribution in [0.15, 0.2) is 36.3 Å². The smallest absolute Gasteiger partial charge is 0.333 e. The fraction of sp³-hybridized carbons (Fsp3) is 0.294. The average Bonchev–Trinajstić information content (AvgIpc) is 2.97. The molecule has 0 aliphatic carbocycles. The highest BCUT2D eigenvalue weighted by Crippen LogP contribution is 2.26.